The third-order valence-corrected chi connectivity index (χ3v) is 2.99. The number of benzene rings is 1. The van der Waals surface area contributed by atoms with Crippen LogP contribution in [0.4, 0.5) is 10.5 Å². The number of nitrogens with one attached hydrogen (secondary N) is 2. The van der Waals surface area contributed by atoms with Gasteiger partial charge in [0.1, 0.15) is 0 Å². The van der Waals surface area contributed by atoms with Crippen LogP contribution in [0, 0.1) is 0 Å². The van der Waals surface area contributed by atoms with Crippen LogP contribution in [-0.2, 0) is 11.3 Å². The van der Waals surface area contributed by atoms with Crippen molar-refractivity contribution in [1.82, 2.24) is 10.3 Å². The van der Waals surface area contributed by atoms with E-state index >= 15 is 0 Å². The molecular weight excluding hydrogens is 306 g/mol. The molecule has 0 atom stereocenters. The number of hydrogen-bond donors (Lipinski definition) is 2. The molecule has 0 unspecified atom stereocenters. The first-order valence-corrected chi connectivity index (χ1v) is 6.80. The monoisotopic (exact) mass is 319 g/mol. The number of hydrogen-bond acceptors (Lipinski definition) is 4. The van der Waals surface area contributed by atoms with Crippen LogP contribution in [0.1, 0.15) is 16.1 Å². The lowest BCUT2D eigenvalue weighted by Gasteiger charge is -2.08. The van der Waals surface area contributed by atoms with Crippen LogP contribution in [0.3, 0.4) is 0 Å². The Labute approximate surface area is 132 Å². The highest BCUT2D eigenvalue weighted by molar-refractivity contribution is 6.30. The lowest BCUT2D eigenvalue weighted by atomic mass is 10.2. The normalized spacial score (nSPS) is 9.91. The summed E-state index contributed by atoms with van der Waals surface area (Å²) in [7, 11) is 1.30. The van der Waals surface area contributed by atoms with Gasteiger partial charge in [-0.05, 0) is 30.3 Å². The van der Waals surface area contributed by atoms with Crippen LogP contribution in [0.2, 0.25) is 5.02 Å². The molecule has 0 aliphatic rings. The molecule has 1 heterocycles. The Bertz CT molecular complexity index is 691. The molecule has 0 aliphatic carbocycles. The van der Waals surface area contributed by atoms with Crippen molar-refractivity contribution in [2.45, 2.75) is 6.54 Å². The van der Waals surface area contributed by atoms with E-state index in [0.717, 1.165) is 0 Å². The summed E-state index contributed by atoms with van der Waals surface area (Å²) in [5.41, 5.74) is 1.51. The number of aromatic nitrogens is 1. The highest BCUT2D eigenvalue weighted by atomic mass is 35.5. The topological polar surface area (TPSA) is 80.3 Å². The quantitative estimate of drug-likeness (QED) is 0.849. The molecule has 7 heteroatoms. The first-order valence-electron chi connectivity index (χ1n) is 6.42. The Morgan fingerprint density at radius 3 is 2.82 bits per heavy atom. The Hall–Kier alpha value is -2.60. The van der Waals surface area contributed by atoms with E-state index < -0.39 is 12.0 Å². The summed E-state index contributed by atoms with van der Waals surface area (Å²) in [5, 5.41) is 5.82. The van der Waals surface area contributed by atoms with E-state index in [2.05, 4.69) is 20.4 Å². The summed E-state index contributed by atoms with van der Waals surface area (Å²) in [6.45, 7) is 0.178. The number of ether oxygens (including phenoxy) is 1. The zero-order valence-corrected chi connectivity index (χ0v) is 12.6. The molecule has 2 aromatic rings. The number of rotatable bonds is 4. The number of carbonyl (C=O) groups excluding carboxylic acids is 2. The maximum absolute atomic E-state index is 11.8. The molecule has 0 radical (unpaired) electrons. The predicted molar refractivity (Wildman–Crippen MR) is 82.9 cm³/mol. The lowest BCUT2D eigenvalue weighted by Crippen LogP contribution is -2.28. The number of anilines is 1. The molecule has 1 aromatic heterocycles. The number of methoxy groups -OCH3 is 1. The van der Waals surface area contributed by atoms with Crippen LogP contribution in [0.25, 0.3) is 0 Å². The zero-order chi connectivity index (χ0) is 15.9. The zero-order valence-electron chi connectivity index (χ0n) is 11.8. The van der Waals surface area contributed by atoms with E-state index in [-0.39, 0.29) is 6.54 Å². The molecule has 6 nitrogen and oxygen atoms in total. The van der Waals surface area contributed by atoms with Gasteiger partial charge < -0.3 is 15.4 Å². The fourth-order valence-corrected chi connectivity index (χ4v) is 1.92. The molecule has 0 saturated carbocycles. The van der Waals surface area contributed by atoms with Gasteiger partial charge in [0.05, 0.1) is 24.9 Å². The van der Waals surface area contributed by atoms with Crippen LogP contribution < -0.4 is 10.6 Å². The van der Waals surface area contributed by atoms with Crippen molar-refractivity contribution in [3.63, 3.8) is 0 Å². The predicted octanol–water partition coefficient (Wildman–Crippen LogP) is 2.84. The van der Waals surface area contributed by atoms with Gasteiger partial charge in [-0.25, -0.2) is 9.59 Å². The fraction of sp³-hybridized carbons (Fsp3) is 0.133. The largest absolute Gasteiger partial charge is 0.465 e. The van der Waals surface area contributed by atoms with E-state index in [9.17, 15) is 9.59 Å². The van der Waals surface area contributed by atoms with Crippen molar-refractivity contribution in [1.29, 1.82) is 0 Å². The number of urea groups is 1. The van der Waals surface area contributed by atoms with Gasteiger partial charge in [0, 0.05) is 16.9 Å². The molecule has 22 heavy (non-hydrogen) atoms. The third kappa shape index (κ3) is 4.46. The first kappa shape index (κ1) is 15.8. The molecule has 0 spiro atoms. The summed E-state index contributed by atoms with van der Waals surface area (Å²) in [4.78, 5) is 27.3. The van der Waals surface area contributed by atoms with Gasteiger partial charge in [-0.1, -0.05) is 17.7 Å². The molecule has 2 amide bonds. The van der Waals surface area contributed by atoms with Gasteiger partial charge in [-0.15, -0.1) is 0 Å². The Balaban J connectivity index is 1.92. The Morgan fingerprint density at radius 2 is 2.09 bits per heavy atom. The smallest absolute Gasteiger partial charge is 0.337 e. The molecule has 2 N–H and O–H groups in total. The summed E-state index contributed by atoms with van der Waals surface area (Å²) in [5.74, 6) is -0.452. The van der Waals surface area contributed by atoms with Crippen molar-refractivity contribution in [3.05, 3.63) is 58.9 Å². The Morgan fingerprint density at radius 1 is 1.27 bits per heavy atom. The summed E-state index contributed by atoms with van der Waals surface area (Å²) in [6, 6.07) is 9.52. The van der Waals surface area contributed by atoms with E-state index in [4.69, 9.17) is 11.6 Å². The van der Waals surface area contributed by atoms with Crippen molar-refractivity contribution < 1.29 is 14.3 Å². The van der Waals surface area contributed by atoms with Crippen LogP contribution in [-0.4, -0.2) is 24.1 Å². The second-order valence-corrected chi connectivity index (χ2v) is 4.78. The number of carbonyl (C=O) groups is 2. The molecule has 2 rings (SSSR count). The van der Waals surface area contributed by atoms with Gasteiger partial charge >= 0.3 is 12.0 Å². The lowest BCUT2D eigenvalue weighted by molar-refractivity contribution is 0.0600. The van der Waals surface area contributed by atoms with E-state index in [1.165, 1.54) is 13.3 Å². The van der Waals surface area contributed by atoms with Gasteiger partial charge in [-0.3, -0.25) is 4.98 Å². The summed E-state index contributed by atoms with van der Waals surface area (Å²) < 4.78 is 4.63. The molecule has 0 fully saturated rings. The number of pyridine rings is 1. The van der Waals surface area contributed by atoms with Crippen LogP contribution in [0.15, 0.2) is 42.6 Å². The van der Waals surface area contributed by atoms with E-state index in [1.54, 1.807) is 36.4 Å². The molecule has 1 aromatic carbocycles. The van der Waals surface area contributed by atoms with Gasteiger partial charge in [0.25, 0.3) is 0 Å². The average molecular weight is 320 g/mol. The second-order valence-electron chi connectivity index (χ2n) is 4.35. The molecule has 114 valence electrons. The standard InChI is InChI=1S/C15H14ClN3O3/c1-22-14(20)10-5-6-17-13(7-10)9-18-15(21)19-12-4-2-3-11(16)8-12/h2-8H,9H2,1H3,(H2,18,19,21). The first-order chi connectivity index (χ1) is 10.6. The molecular formula is C15H14ClN3O3. The number of nitrogens with zero attached hydrogens (tertiary/aromatic N) is 1. The van der Waals surface area contributed by atoms with Crippen molar-refractivity contribution in [3.8, 4) is 0 Å². The third-order valence-electron chi connectivity index (χ3n) is 2.75. The minimum absolute atomic E-state index is 0.178. The van der Waals surface area contributed by atoms with Crippen molar-refractivity contribution in [2.75, 3.05) is 12.4 Å². The highest BCUT2D eigenvalue weighted by Gasteiger charge is 2.07. The van der Waals surface area contributed by atoms with Crippen molar-refractivity contribution in [2.24, 2.45) is 0 Å². The highest BCUT2D eigenvalue weighted by Crippen LogP contribution is 2.14. The van der Waals surface area contributed by atoms with E-state index in [0.29, 0.717) is 22.0 Å². The summed E-state index contributed by atoms with van der Waals surface area (Å²) >= 11 is 5.84. The van der Waals surface area contributed by atoms with Gasteiger partial charge in [-0.2, -0.15) is 0 Å². The van der Waals surface area contributed by atoms with Crippen LogP contribution in [0.5, 0.6) is 0 Å². The molecule has 0 aliphatic heterocycles. The number of amides is 2. The number of esters is 1. The summed E-state index contributed by atoms with van der Waals surface area (Å²) in [6.07, 6.45) is 1.48. The van der Waals surface area contributed by atoms with Crippen LogP contribution >= 0.6 is 11.6 Å². The maximum atomic E-state index is 11.8. The molecule has 0 saturated heterocycles. The average Bonchev–Trinajstić information content (AvgIpc) is 2.52. The van der Waals surface area contributed by atoms with Gasteiger partial charge in [0.15, 0.2) is 0 Å². The Kier molecular flexibility index (Phi) is 5.32. The fourth-order valence-electron chi connectivity index (χ4n) is 1.73. The van der Waals surface area contributed by atoms with Gasteiger partial charge in [0.2, 0.25) is 0 Å². The minimum atomic E-state index is -0.452. The second kappa shape index (κ2) is 7.42. The minimum Gasteiger partial charge on any atom is -0.465 e. The SMILES string of the molecule is COC(=O)c1ccnc(CNC(=O)Nc2cccc(Cl)c2)c1. The van der Waals surface area contributed by atoms with Crippen molar-refractivity contribution >= 4 is 29.3 Å². The maximum Gasteiger partial charge on any atom is 0.337 e. The van der Waals surface area contributed by atoms with E-state index in [1.807, 2.05) is 0 Å². The number of halogens is 1. The molecule has 0 bridgehead atoms.